The minimum atomic E-state index is -3.58. The SMILES string of the molecule is COC(=O)CCC(=O)N1CCN(c2cc(S(=O)(=O)N3CCCC(C)C3)ccc2OC)CC1. The Labute approximate surface area is 190 Å². The number of anilines is 1. The number of piperidine rings is 1. The zero-order valence-corrected chi connectivity index (χ0v) is 19.9. The van der Waals surface area contributed by atoms with E-state index in [0.717, 1.165) is 12.8 Å². The molecule has 1 unspecified atom stereocenters. The zero-order chi connectivity index (χ0) is 23.3. The fraction of sp³-hybridized carbons (Fsp3) is 0.636. The summed E-state index contributed by atoms with van der Waals surface area (Å²) in [6.07, 6.45) is 2.11. The highest BCUT2D eigenvalue weighted by molar-refractivity contribution is 7.89. The van der Waals surface area contributed by atoms with Gasteiger partial charge in [0.1, 0.15) is 5.75 Å². The predicted octanol–water partition coefficient (Wildman–Crippen LogP) is 1.72. The molecule has 0 N–H and O–H groups in total. The second-order valence-corrected chi connectivity index (χ2v) is 10.3. The molecule has 0 saturated carbocycles. The highest BCUT2D eigenvalue weighted by atomic mass is 32.2. The van der Waals surface area contributed by atoms with Gasteiger partial charge in [0.2, 0.25) is 15.9 Å². The number of methoxy groups -OCH3 is 2. The van der Waals surface area contributed by atoms with E-state index >= 15 is 0 Å². The lowest BCUT2D eigenvalue weighted by molar-refractivity contribution is -0.143. The van der Waals surface area contributed by atoms with E-state index in [1.165, 1.54) is 7.11 Å². The minimum Gasteiger partial charge on any atom is -0.495 e. The molecule has 0 aliphatic carbocycles. The monoisotopic (exact) mass is 467 g/mol. The van der Waals surface area contributed by atoms with Crippen molar-refractivity contribution in [3.8, 4) is 5.75 Å². The van der Waals surface area contributed by atoms with E-state index in [9.17, 15) is 18.0 Å². The first-order valence-electron chi connectivity index (χ1n) is 11.0. The Morgan fingerprint density at radius 2 is 1.78 bits per heavy atom. The summed E-state index contributed by atoms with van der Waals surface area (Å²) in [5.74, 6) is 0.461. The number of sulfonamides is 1. The number of rotatable bonds is 7. The topological polar surface area (TPSA) is 96.5 Å². The molecular weight excluding hydrogens is 434 g/mol. The number of carbonyl (C=O) groups excluding carboxylic acids is 2. The van der Waals surface area contributed by atoms with Gasteiger partial charge in [-0.25, -0.2) is 8.42 Å². The number of esters is 1. The van der Waals surface area contributed by atoms with Gasteiger partial charge >= 0.3 is 5.97 Å². The van der Waals surface area contributed by atoms with Crippen molar-refractivity contribution >= 4 is 27.6 Å². The second kappa shape index (κ2) is 10.5. The van der Waals surface area contributed by atoms with Gasteiger partial charge in [-0.2, -0.15) is 4.31 Å². The van der Waals surface area contributed by atoms with Crippen molar-refractivity contribution in [2.24, 2.45) is 5.92 Å². The van der Waals surface area contributed by atoms with E-state index in [0.29, 0.717) is 56.6 Å². The van der Waals surface area contributed by atoms with Crippen molar-refractivity contribution in [3.05, 3.63) is 18.2 Å². The molecule has 10 heteroatoms. The van der Waals surface area contributed by atoms with Crippen LogP contribution >= 0.6 is 0 Å². The number of hydrogen-bond donors (Lipinski definition) is 0. The van der Waals surface area contributed by atoms with E-state index in [2.05, 4.69) is 11.7 Å². The quantitative estimate of drug-likeness (QED) is 0.563. The van der Waals surface area contributed by atoms with Gasteiger partial charge in [0.25, 0.3) is 0 Å². The summed E-state index contributed by atoms with van der Waals surface area (Å²) < 4.78 is 38.1. The Morgan fingerprint density at radius 3 is 2.41 bits per heavy atom. The molecule has 3 rings (SSSR count). The average molecular weight is 468 g/mol. The van der Waals surface area contributed by atoms with Gasteiger partial charge in [0.05, 0.1) is 31.2 Å². The lowest BCUT2D eigenvalue weighted by Gasteiger charge is -2.37. The van der Waals surface area contributed by atoms with Crippen LogP contribution in [-0.4, -0.2) is 83.0 Å². The molecule has 2 fully saturated rings. The fourth-order valence-corrected chi connectivity index (χ4v) is 5.88. The summed E-state index contributed by atoms with van der Waals surface area (Å²) >= 11 is 0. The summed E-state index contributed by atoms with van der Waals surface area (Å²) in [4.78, 5) is 27.7. The summed E-state index contributed by atoms with van der Waals surface area (Å²) in [5, 5.41) is 0. The molecule has 0 spiro atoms. The molecule has 2 aliphatic heterocycles. The fourth-order valence-electron chi connectivity index (χ4n) is 4.26. The van der Waals surface area contributed by atoms with Crippen LogP contribution in [0.4, 0.5) is 5.69 Å². The van der Waals surface area contributed by atoms with E-state index < -0.39 is 16.0 Å². The number of benzene rings is 1. The minimum absolute atomic E-state index is 0.0678. The Morgan fingerprint density at radius 1 is 1.06 bits per heavy atom. The van der Waals surface area contributed by atoms with Crippen LogP contribution < -0.4 is 9.64 Å². The van der Waals surface area contributed by atoms with Crippen molar-refractivity contribution in [3.63, 3.8) is 0 Å². The molecule has 1 atom stereocenters. The van der Waals surface area contributed by atoms with Crippen molar-refractivity contribution < 1.29 is 27.5 Å². The van der Waals surface area contributed by atoms with Gasteiger partial charge in [-0.15, -0.1) is 0 Å². The first kappa shape index (κ1) is 24.3. The predicted molar refractivity (Wildman–Crippen MR) is 120 cm³/mol. The molecule has 9 nitrogen and oxygen atoms in total. The number of piperazine rings is 1. The van der Waals surface area contributed by atoms with Gasteiger partial charge in [0, 0.05) is 45.7 Å². The lowest BCUT2D eigenvalue weighted by Crippen LogP contribution is -2.49. The Bertz CT molecular complexity index is 928. The zero-order valence-electron chi connectivity index (χ0n) is 19.1. The lowest BCUT2D eigenvalue weighted by atomic mass is 10.0. The number of amides is 1. The van der Waals surface area contributed by atoms with Crippen LogP contribution in [0.2, 0.25) is 0 Å². The molecule has 1 aromatic carbocycles. The Kier molecular flexibility index (Phi) is 8.00. The van der Waals surface area contributed by atoms with Crippen LogP contribution in [0.15, 0.2) is 23.1 Å². The van der Waals surface area contributed by atoms with Gasteiger partial charge in [-0.05, 0) is 37.0 Å². The maximum atomic E-state index is 13.2. The molecular formula is C22H33N3O6S. The Balaban J connectivity index is 1.71. The van der Waals surface area contributed by atoms with Crippen LogP contribution in [0.3, 0.4) is 0 Å². The number of ether oxygens (including phenoxy) is 2. The molecule has 0 radical (unpaired) electrons. The van der Waals surface area contributed by atoms with E-state index in [1.54, 1.807) is 34.5 Å². The molecule has 32 heavy (non-hydrogen) atoms. The second-order valence-electron chi connectivity index (χ2n) is 8.39. The third-order valence-corrected chi connectivity index (χ3v) is 8.01. The van der Waals surface area contributed by atoms with Gasteiger partial charge in [-0.3, -0.25) is 9.59 Å². The van der Waals surface area contributed by atoms with E-state index in [1.807, 2.05) is 4.90 Å². The largest absolute Gasteiger partial charge is 0.495 e. The third kappa shape index (κ3) is 5.53. The van der Waals surface area contributed by atoms with E-state index in [-0.39, 0.29) is 23.6 Å². The van der Waals surface area contributed by atoms with Crippen LogP contribution in [0.5, 0.6) is 5.75 Å². The van der Waals surface area contributed by atoms with E-state index in [4.69, 9.17) is 4.74 Å². The van der Waals surface area contributed by atoms with Crippen LogP contribution in [-0.2, 0) is 24.3 Å². The summed E-state index contributed by atoms with van der Waals surface area (Å²) in [6, 6.07) is 4.98. The molecule has 2 aliphatic rings. The molecule has 2 saturated heterocycles. The summed E-state index contributed by atoms with van der Waals surface area (Å²) in [6.45, 7) is 5.23. The van der Waals surface area contributed by atoms with Crippen molar-refractivity contribution in [1.82, 2.24) is 9.21 Å². The molecule has 0 aromatic heterocycles. The van der Waals surface area contributed by atoms with Gasteiger partial charge in [0.15, 0.2) is 0 Å². The maximum Gasteiger partial charge on any atom is 0.306 e. The first-order valence-corrected chi connectivity index (χ1v) is 12.5. The summed E-state index contributed by atoms with van der Waals surface area (Å²) in [5.41, 5.74) is 0.709. The van der Waals surface area contributed by atoms with Crippen LogP contribution in [0, 0.1) is 5.92 Å². The number of hydrogen-bond acceptors (Lipinski definition) is 7. The smallest absolute Gasteiger partial charge is 0.306 e. The molecule has 178 valence electrons. The highest BCUT2D eigenvalue weighted by Gasteiger charge is 2.30. The normalized spacial score (nSPS) is 20.2. The first-order chi connectivity index (χ1) is 15.3. The molecule has 1 aromatic rings. The van der Waals surface area contributed by atoms with Gasteiger partial charge in [-0.1, -0.05) is 6.92 Å². The maximum absolute atomic E-state index is 13.2. The van der Waals surface area contributed by atoms with Crippen LogP contribution in [0.25, 0.3) is 0 Å². The van der Waals surface area contributed by atoms with Gasteiger partial charge < -0.3 is 19.3 Å². The molecule has 2 heterocycles. The molecule has 0 bridgehead atoms. The van der Waals surface area contributed by atoms with Crippen molar-refractivity contribution in [2.75, 3.05) is 58.4 Å². The standard InChI is InChI=1S/C22H33N3O6S/c1-17-5-4-10-25(16-17)32(28,29)18-6-7-20(30-2)19(15-18)23-11-13-24(14-12-23)21(26)8-9-22(27)31-3/h6-7,15,17H,4-5,8-14,16H2,1-3H3. The van der Waals surface area contributed by atoms with Crippen LogP contribution in [0.1, 0.15) is 32.6 Å². The number of nitrogens with zero attached hydrogens (tertiary/aromatic N) is 3. The average Bonchev–Trinajstić information content (AvgIpc) is 2.81. The number of carbonyl (C=O) groups is 2. The molecule has 1 amide bonds. The third-order valence-electron chi connectivity index (χ3n) is 6.15. The Hall–Kier alpha value is -2.33. The summed E-state index contributed by atoms with van der Waals surface area (Å²) in [7, 11) is -0.714. The van der Waals surface area contributed by atoms with Crippen molar-refractivity contribution in [1.29, 1.82) is 0 Å². The highest BCUT2D eigenvalue weighted by Crippen LogP contribution is 2.33. The van der Waals surface area contributed by atoms with Crippen molar-refractivity contribution in [2.45, 2.75) is 37.5 Å².